The minimum atomic E-state index is -1.78. The number of carboxylic acids is 1. The van der Waals surface area contributed by atoms with Gasteiger partial charge in [-0.05, 0) is 24.3 Å². The Morgan fingerprint density at radius 2 is 1.62 bits per heavy atom. The van der Waals surface area contributed by atoms with Crippen LogP contribution in [-0.2, 0) is 11.2 Å². The van der Waals surface area contributed by atoms with E-state index in [1.54, 1.807) is 60.7 Å². The van der Waals surface area contributed by atoms with Gasteiger partial charge < -0.3 is 10.4 Å². The van der Waals surface area contributed by atoms with Crippen LogP contribution in [0.3, 0.4) is 0 Å². The van der Waals surface area contributed by atoms with Gasteiger partial charge in [0.05, 0.1) is 5.69 Å². The van der Waals surface area contributed by atoms with Crippen LogP contribution >= 0.6 is 0 Å². The number of benzene rings is 2. The first-order valence-electron chi connectivity index (χ1n) is 8.82. The molecule has 1 unspecified atom stereocenters. The molecule has 0 radical (unpaired) electrons. The summed E-state index contributed by atoms with van der Waals surface area (Å²) in [6.45, 7) is 3.59. The van der Waals surface area contributed by atoms with Crippen LogP contribution in [0.15, 0.2) is 85.8 Å². The van der Waals surface area contributed by atoms with Gasteiger partial charge >= 0.3 is 5.97 Å². The SMILES string of the molecule is C=CC(Cc1cn(C(=O)c2ccccc2)cn1)(NC(=O)c1ccccc1)C(=O)O. The predicted octanol–water partition coefficient (Wildman–Crippen LogP) is 2.55. The number of carboxylic acid groups (broad SMARTS) is 1. The van der Waals surface area contributed by atoms with Gasteiger partial charge in [0.1, 0.15) is 6.33 Å². The Morgan fingerprint density at radius 1 is 1.03 bits per heavy atom. The zero-order chi connectivity index (χ0) is 20.9. The maximum absolute atomic E-state index is 12.5. The smallest absolute Gasteiger partial charge is 0.333 e. The van der Waals surface area contributed by atoms with Gasteiger partial charge in [-0.3, -0.25) is 14.2 Å². The van der Waals surface area contributed by atoms with Crippen molar-refractivity contribution in [1.29, 1.82) is 0 Å². The summed E-state index contributed by atoms with van der Waals surface area (Å²) in [5.41, 5.74) is -0.654. The van der Waals surface area contributed by atoms with Gasteiger partial charge in [-0.2, -0.15) is 0 Å². The van der Waals surface area contributed by atoms with E-state index in [0.717, 1.165) is 6.08 Å². The molecule has 2 aromatic carbocycles. The van der Waals surface area contributed by atoms with E-state index >= 15 is 0 Å². The molecule has 1 amide bonds. The average Bonchev–Trinajstić information content (AvgIpc) is 3.22. The van der Waals surface area contributed by atoms with E-state index in [-0.39, 0.29) is 12.3 Å². The molecule has 0 saturated carbocycles. The molecule has 1 aromatic heterocycles. The number of carbonyl (C=O) groups excluding carboxylic acids is 2. The van der Waals surface area contributed by atoms with Crippen LogP contribution in [-0.4, -0.2) is 38.0 Å². The van der Waals surface area contributed by atoms with E-state index in [9.17, 15) is 19.5 Å². The van der Waals surface area contributed by atoms with Crippen LogP contribution in [0.5, 0.6) is 0 Å². The van der Waals surface area contributed by atoms with Crippen molar-refractivity contribution in [3.05, 3.63) is 103 Å². The molecule has 3 aromatic rings. The molecule has 0 aliphatic heterocycles. The van der Waals surface area contributed by atoms with Crippen LogP contribution in [0.2, 0.25) is 0 Å². The molecule has 2 N–H and O–H groups in total. The van der Waals surface area contributed by atoms with Crippen LogP contribution in [0.25, 0.3) is 0 Å². The topological polar surface area (TPSA) is 101 Å². The fourth-order valence-corrected chi connectivity index (χ4v) is 2.83. The van der Waals surface area contributed by atoms with Crippen molar-refractivity contribution in [3.8, 4) is 0 Å². The average molecular weight is 389 g/mol. The van der Waals surface area contributed by atoms with Gasteiger partial charge in [0.2, 0.25) is 0 Å². The van der Waals surface area contributed by atoms with Crippen LogP contribution in [0.1, 0.15) is 26.4 Å². The van der Waals surface area contributed by atoms with E-state index in [0.29, 0.717) is 16.8 Å². The van der Waals surface area contributed by atoms with Crippen molar-refractivity contribution < 1.29 is 19.5 Å². The molecule has 0 spiro atoms. The van der Waals surface area contributed by atoms with Crippen molar-refractivity contribution in [1.82, 2.24) is 14.9 Å². The first-order valence-corrected chi connectivity index (χ1v) is 8.82. The van der Waals surface area contributed by atoms with Gasteiger partial charge in [0.15, 0.2) is 5.54 Å². The summed E-state index contributed by atoms with van der Waals surface area (Å²) in [5, 5.41) is 12.3. The summed E-state index contributed by atoms with van der Waals surface area (Å²) in [5.74, 6) is -2.12. The van der Waals surface area contributed by atoms with E-state index < -0.39 is 17.4 Å². The number of nitrogens with one attached hydrogen (secondary N) is 1. The molecule has 29 heavy (non-hydrogen) atoms. The lowest BCUT2D eigenvalue weighted by Crippen LogP contribution is -2.54. The summed E-state index contributed by atoms with van der Waals surface area (Å²) in [6, 6.07) is 16.9. The maximum Gasteiger partial charge on any atom is 0.333 e. The molecule has 0 bridgehead atoms. The van der Waals surface area contributed by atoms with Crippen LogP contribution in [0.4, 0.5) is 0 Å². The molecule has 0 fully saturated rings. The highest BCUT2D eigenvalue weighted by Gasteiger charge is 2.38. The van der Waals surface area contributed by atoms with Crippen molar-refractivity contribution >= 4 is 17.8 Å². The molecule has 7 nitrogen and oxygen atoms in total. The third-order valence-electron chi connectivity index (χ3n) is 4.45. The lowest BCUT2D eigenvalue weighted by atomic mass is 9.93. The van der Waals surface area contributed by atoms with Crippen molar-refractivity contribution in [2.24, 2.45) is 0 Å². The van der Waals surface area contributed by atoms with E-state index in [4.69, 9.17) is 0 Å². The molecule has 0 saturated heterocycles. The first-order chi connectivity index (χ1) is 13.9. The number of nitrogens with zero attached hydrogens (tertiary/aromatic N) is 2. The number of rotatable bonds is 7. The lowest BCUT2D eigenvalue weighted by Gasteiger charge is -2.26. The molecule has 3 rings (SSSR count). The zero-order valence-corrected chi connectivity index (χ0v) is 15.5. The monoisotopic (exact) mass is 389 g/mol. The zero-order valence-electron chi connectivity index (χ0n) is 15.5. The molecule has 1 heterocycles. The Morgan fingerprint density at radius 3 is 2.17 bits per heavy atom. The normalized spacial score (nSPS) is 12.6. The maximum atomic E-state index is 12.5. The Bertz CT molecular complexity index is 1040. The van der Waals surface area contributed by atoms with Crippen LogP contribution < -0.4 is 5.32 Å². The molecule has 1 atom stereocenters. The second-order valence-electron chi connectivity index (χ2n) is 6.42. The standard InChI is InChI=1S/C22H19N3O4/c1-2-22(21(28)29,24-19(26)16-9-5-3-6-10-16)13-18-14-25(15-23-18)20(27)17-11-7-4-8-12-17/h2-12,14-15H,1,13H2,(H,24,26)(H,28,29). The van der Waals surface area contributed by atoms with E-state index in [1.807, 2.05) is 0 Å². The second kappa shape index (κ2) is 8.35. The quantitative estimate of drug-likeness (QED) is 0.605. The lowest BCUT2D eigenvalue weighted by molar-refractivity contribution is -0.142. The predicted molar refractivity (Wildman–Crippen MR) is 107 cm³/mol. The van der Waals surface area contributed by atoms with Gasteiger partial charge in [0.25, 0.3) is 11.8 Å². The summed E-state index contributed by atoms with van der Waals surface area (Å²) in [7, 11) is 0. The molecular weight excluding hydrogens is 370 g/mol. The van der Waals surface area contributed by atoms with Crippen LogP contribution in [0, 0.1) is 0 Å². The molecule has 146 valence electrons. The highest BCUT2D eigenvalue weighted by atomic mass is 16.4. The molecule has 7 heteroatoms. The number of hydrogen-bond donors (Lipinski definition) is 2. The largest absolute Gasteiger partial charge is 0.479 e. The highest BCUT2D eigenvalue weighted by Crippen LogP contribution is 2.17. The highest BCUT2D eigenvalue weighted by molar-refractivity contribution is 5.99. The molecular formula is C22H19N3O4. The van der Waals surface area contributed by atoms with Gasteiger partial charge in [0, 0.05) is 23.7 Å². The number of aromatic nitrogens is 2. The van der Waals surface area contributed by atoms with Crippen molar-refractivity contribution in [2.75, 3.05) is 0 Å². The number of aliphatic carboxylic acids is 1. The summed E-state index contributed by atoms with van der Waals surface area (Å²) in [4.78, 5) is 41.2. The summed E-state index contributed by atoms with van der Waals surface area (Å²) >= 11 is 0. The molecule has 0 aliphatic rings. The Kier molecular flexibility index (Phi) is 5.69. The Hall–Kier alpha value is -4.00. The van der Waals surface area contributed by atoms with Gasteiger partial charge in [-0.25, -0.2) is 9.78 Å². The number of hydrogen-bond acceptors (Lipinski definition) is 4. The minimum Gasteiger partial charge on any atom is -0.479 e. The Labute approximate surface area is 167 Å². The van der Waals surface area contributed by atoms with Gasteiger partial charge in [-0.15, -0.1) is 6.58 Å². The minimum absolute atomic E-state index is 0.167. The van der Waals surface area contributed by atoms with Crippen molar-refractivity contribution in [2.45, 2.75) is 12.0 Å². The second-order valence-corrected chi connectivity index (χ2v) is 6.42. The number of carbonyl (C=O) groups is 3. The number of imidazole rings is 1. The summed E-state index contributed by atoms with van der Waals surface area (Å²) in [6.07, 6.45) is 3.76. The third kappa shape index (κ3) is 4.30. The van der Waals surface area contributed by atoms with Gasteiger partial charge in [-0.1, -0.05) is 42.5 Å². The molecule has 0 aliphatic carbocycles. The van der Waals surface area contributed by atoms with E-state index in [2.05, 4.69) is 16.9 Å². The van der Waals surface area contributed by atoms with Crippen molar-refractivity contribution in [3.63, 3.8) is 0 Å². The Balaban J connectivity index is 1.83. The van der Waals surface area contributed by atoms with E-state index in [1.165, 1.54) is 17.1 Å². The fraction of sp³-hybridized carbons (Fsp3) is 0.0909. The number of amides is 1. The summed E-state index contributed by atoms with van der Waals surface area (Å²) < 4.78 is 1.28. The fourth-order valence-electron chi connectivity index (χ4n) is 2.83. The third-order valence-corrected chi connectivity index (χ3v) is 4.45. The first kappa shape index (κ1) is 19.8.